The highest BCUT2D eigenvalue weighted by Crippen LogP contribution is 2.13. The molecule has 0 atom stereocenters. The Kier molecular flexibility index (Phi) is 4.18. The zero-order valence-electron chi connectivity index (χ0n) is 8.34. The highest BCUT2D eigenvalue weighted by Gasteiger charge is 2.17. The Morgan fingerprint density at radius 2 is 1.62 bits per heavy atom. The molecule has 0 saturated heterocycles. The lowest BCUT2D eigenvalue weighted by molar-refractivity contribution is 0.595. The number of rotatable bonds is 4. The fourth-order valence-corrected chi connectivity index (χ4v) is 4.35. The topological polar surface area (TPSA) is 80.3 Å². The minimum Gasteiger partial charge on any atom is -0.283 e. The molecule has 1 N–H and O–H groups in total. The van der Waals surface area contributed by atoms with E-state index in [0.717, 1.165) is 9.83 Å². The summed E-state index contributed by atoms with van der Waals surface area (Å²) in [4.78, 5) is 0. The molecule has 0 spiro atoms. The summed E-state index contributed by atoms with van der Waals surface area (Å²) in [6.45, 7) is 0. The molecule has 0 heterocycles. The van der Waals surface area contributed by atoms with E-state index in [1.807, 2.05) is 0 Å². The first-order valence-electron chi connectivity index (χ1n) is 4.12. The van der Waals surface area contributed by atoms with Crippen molar-refractivity contribution in [2.75, 3.05) is 16.1 Å². The quantitative estimate of drug-likeness (QED) is 0.798. The van der Waals surface area contributed by atoms with Crippen LogP contribution in [0.5, 0.6) is 0 Å². The van der Waals surface area contributed by atoms with Gasteiger partial charge in [-0.3, -0.25) is 4.72 Å². The van der Waals surface area contributed by atoms with E-state index in [1.54, 1.807) is 24.3 Å². The standard InChI is InChI=1S/C8H10INO4S2/c1-15(11,12)6-16(13,14)10-8-4-2-7(9)3-5-8/h2-5,10H,6H2,1H3. The van der Waals surface area contributed by atoms with Crippen molar-refractivity contribution in [3.63, 3.8) is 0 Å². The number of nitrogens with one attached hydrogen (secondary N) is 1. The van der Waals surface area contributed by atoms with Gasteiger partial charge in [0.2, 0.25) is 10.0 Å². The van der Waals surface area contributed by atoms with E-state index in [4.69, 9.17) is 0 Å². The second-order valence-electron chi connectivity index (χ2n) is 3.27. The fourth-order valence-electron chi connectivity index (χ4n) is 1.01. The van der Waals surface area contributed by atoms with Crippen molar-refractivity contribution < 1.29 is 16.8 Å². The van der Waals surface area contributed by atoms with E-state index in [-0.39, 0.29) is 0 Å². The van der Waals surface area contributed by atoms with Gasteiger partial charge in [-0.15, -0.1) is 0 Å². The van der Waals surface area contributed by atoms with Crippen LogP contribution in [0.15, 0.2) is 24.3 Å². The molecule has 0 aliphatic heterocycles. The van der Waals surface area contributed by atoms with Gasteiger partial charge >= 0.3 is 0 Å². The number of benzene rings is 1. The molecule has 0 radical (unpaired) electrons. The lowest BCUT2D eigenvalue weighted by atomic mass is 10.3. The zero-order valence-corrected chi connectivity index (χ0v) is 12.1. The predicted octanol–water partition coefficient (Wildman–Crippen LogP) is 1.03. The van der Waals surface area contributed by atoms with Crippen LogP contribution in [-0.2, 0) is 19.9 Å². The van der Waals surface area contributed by atoms with E-state index in [2.05, 4.69) is 27.3 Å². The maximum Gasteiger partial charge on any atom is 0.247 e. The van der Waals surface area contributed by atoms with Gasteiger partial charge < -0.3 is 0 Å². The van der Waals surface area contributed by atoms with E-state index in [9.17, 15) is 16.8 Å². The molecule has 0 aliphatic carbocycles. The third-order valence-electron chi connectivity index (χ3n) is 1.49. The Labute approximate surface area is 108 Å². The Bertz CT molecular complexity index is 563. The molecule has 0 saturated carbocycles. The molecular formula is C8H10INO4S2. The van der Waals surface area contributed by atoms with Crippen molar-refractivity contribution >= 4 is 48.1 Å². The van der Waals surface area contributed by atoms with Crippen LogP contribution in [-0.4, -0.2) is 28.2 Å². The average molecular weight is 375 g/mol. The maximum absolute atomic E-state index is 11.4. The summed E-state index contributed by atoms with van der Waals surface area (Å²) in [6.07, 6.45) is 0.875. The molecule has 0 aromatic heterocycles. The number of sulfone groups is 1. The van der Waals surface area contributed by atoms with Crippen LogP contribution < -0.4 is 4.72 Å². The highest BCUT2D eigenvalue weighted by atomic mass is 127. The van der Waals surface area contributed by atoms with E-state index >= 15 is 0 Å². The van der Waals surface area contributed by atoms with Gasteiger partial charge in [-0.25, -0.2) is 16.8 Å². The second-order valence-corrected chi connectivity index (χ2v) is 8.74. The third-order valence-corrected chi connectivity index (χ3v) is 5.71. The highest BCUT2D eigenvalue weighted by molar-refractivity contribution is 14.1. The summed E-state index contributed by atoms with van der Waals surface area (Å²) in [7, 11) is -7.41. The first-order valence-corrected chi connectivity index (χ1v) is 8.91. The second kappa shape index (κ2) is 4.88. The van der Waals surface area contributed by atoms with Gasteiger partial charge in [-0.1, -0.05) is 0 Å². The van der Waals surface area contributed by atoms with Crippen LogP contribution in [0, 0.1) is 3.57 Å². The van der Waals surface area contributed by atoms with Gasteiger partial charge in [0.1, 0.15) is 0 Å². The summed E-state index contributed by atoms with van der Waals surface area (Å²) in [6, 6.07) is 6.58. The Morgan fingerprint density at radius 1 is 1.12 bits per heavy atom. The average Bonchev–Trinajstić information content (AvgIpc) is 2.04. The van der Waals surface area contributed by atoms with Gasteiger partial charge in [-0.2, -0.15) is 0 Å². The van der Waals surface area contributed by atoms with Crippen molar-refractivity contribution in [1.82, 2.24) is 0 Å². The van der Waals surface area contributed by atoms with E-state index < -0.39 is 24.9 Å². The molecule has 0 fully saturated rings. The summed E-state index contributed by atoms with van der Waals surface area (Å²) in [5, 5.41) is -0.911. The molecule has 1 rings (SSSR count). The van der Waals surface area contributed by atoms with Gasteiger partial charge in [0.15, 0.2) is 14.9 Å². The lowest BCUT2D eigenvalue weighted by Crippen LogP contribution is -2.22. The molecule has 8 heteroatoms. The molecule has 90 valence electrons. The van der Waals surface area contributed by atoms with Crippen molar-refractivity contribution in [3.8, 4) is 0 Å². The number of halogens is 1. The number of sulfonamides is 1. The summed E-state index contributed by atoms with van der Waals surface area (Å²) in [5.74, 6) is 0. The minimum atomic E-state index is -3.85. The Hall–Kier alpha value is -0.350. The van der Waals surface area contributed by atoms with Crippen molar-refractivity contribution in [1.29, 1.82) is 0 Å². The first-order chi connectivity index (χ1) is 7.18. The number of anilines is 1. The monoisotopic (exact) mass is 375 g/mol. The van der Waals surface area contributed by atoms with Gasteiger partial charge in [-0.05, 0) is 46.9 Å². The van der Waals surface area contributed by atoms with Crippen LogP contribution in [0.1, 0.15) is 0 Å². The summed E-state index contributed by atoms with van der Waals surface area (Å²) < 4.78 is 47.7. The minimum absolute atomic E-state index is 0.351. The number of hydrogen-bond acceptors (Lipinski definition) is 4. The fraction of sp³-hybridized carbons (Fsp3) is 0.250. The van der Waals surface area contributed by atoms with Crippen molar-refractivity contribution in [3.05, 3.63) is 27.8 Å². The Balaban J connectivity index is 2.85. The third kappa shape index (κ3) is 5.12. The van der Waals surface area contributed by atoms with Crippen LogP contribution in [0.3, 0.4) is 0 Å². The van der Waals surface area contributed by atoms with Gasteiger partial charge in [0.05, 0.1) is 0 Å². The van der Waals surface area contributed by atoms with Crippen molar-refractivity contribution in [2.24, 2.45) is 0 Å². The predicted molar refractivity (Wildman–Crippen MR) is 71.4 cm³/mol. The van der Waals surface area contributed by atoms with E-state index in [1.165, 1.54) is 0 Å². The lowest BCUT2D eigenvalue weighted by Gasteiger charge is -2.06. The number of hydrogen-bond donors (Lipinski definition) is 1. The molecule has 0 amide bonds. The SMILES string of the molecule is CS(=O)(=O)CS(=O)(=O)Nc1ccc(I)cc1. The smallest absolute Gasteiger partial charge is 0.247 e. The maximum atomic E-state index is 11.4. The first kappa shape index (κ1) is 13.7. The molecule has 0 unspecified atom stereocenters. The normalized spacial score (nSPS) is 12.4. The largest absolute Gasteiger partial charge is 0.283 e. The van der Waals surface area contributed by atoms with Gasteiger partial charge in [0, 0.05) is 15.5 Å². The Morgan fingerprint density at radius 3 is 2.06 bits per heavy atom. The molecule has 1 aromatic rings. The molecule has 1 aromatic carbocycles. The molecule has 0 bridgehead atoms. The van der Waals surface area contributed by atoms with Crippen molar-refractivity contribution in [2.45, 2.75) is 0 Å². The molecule has 0 aliphatic rings. The van der Waals surface area contributed by atoms with Crippen LogP contribution >= 0.6 is 22.6 Å². The molecule has 16 heavy (non-hydrogen) atoms. The molecular weight excluding hydrogens is 365 g/mol. The van der Waals surface area contributed by atoms with Crippen LogP contribution in [0.25, 0.3) is 0 Å². The zero-order chi connectivity index (χ0) is 12.4. The van der Waals surface area contributed by atoms with Gasteiger partial charge in [0.25, 0.3) is 0 Å². The van der Waals surface area contributed by atoms with E-state index in [0.29, 0.717) is 5.69 Å². The summed E-state index contributed by atoms with van der Waals surface area (Å²) in [5.41, 5.74) is 0.351. The van der Waals surface area contributed by atoms with Crippen LogP contribution in [0.2, 0.25) is 0 Å². The van der Waals surface area contributed by atoms with Crippen LogP contribution in [0.4, 0.5) is 5.69 Å². The molecule has 5 nitrogen and oxygen atoms in total. The summed E-state index contributed by atoms with van der Waals surface area (Å²) >= 11 is 2.08.